The second kappa shape index (κ2) is 11.4. The number of amides is 1. The van der Waals surface area contributed by atoms with Gasteiger partial charge in [-0.15, -0.1) is 0 Å². The normalized spacial score (nSPS) is 15.2. The van der Waals surface area contributed by atoms with Gasteiger partial charge in [0.25, 0.3) is 0 Å². The second-order valence-electron chi connectivity index (χ2n) is 8.21. The molecule has 0 atom stereocenters. The summed E-state index contributed by atoms with van der Waals surface area (Å²) in [6, 6.07) is 16.0. The first kappa shape index (κ1) is 22.6. The average molecular weight is 429 g/mol. The van der Waals surface area contributed by atoms with Crippen LogP contribution in [-0.2, 0) is 17.6 Å². The zero-order chi connectivity index (χ0) is 21.3. The summed E-state index contributed by atoms with van der Waals surface area (Å²) in [7, 11) is 3.67. The van der Waals surface area contributed by atoms with E-state index in [9.17, 15) is 4.79 Å². The molecule has 0 spiro atoms. The molecule has 3 rings (SSSR count). The van der Waals surface area contributed by atoms with Crippen LogP contribution in [0.15, 0.2) is 48.5 Å². The minimum absolute atomic E-state index is 0.202. The largest absolute Gasteiger partial charge is 0.496 e. The standard InChI is InChI=1S/C25H33ClN2O2/c1-27(25(29)12-11-21-7-3-5-9-23(21)26)19-20-13-16-28(17-14-20)18-15-22-8-4-6-10-24(22)30-2/h3-10,20H,11-19H2,1-2H3. The number of hydrogen-bond acceptors (Lipinski definition) is 3. The summed E-state index contributed by atoms with van der Waals surface area (Å²) >= 11 is 6.20. The maximum absolute atomic E-state index is 12.5. The molecular formula is C25H33ClN2O2. The number of likely N-dealkylation sites (tertiary alicyclic amines) is 1. The molecule has 0 N–H and O–H groups in total. The highest BCUT2D eigenvalue weighted by Crippen LogP contribution is 2.22. The van der Waals surface area contributed by atoms with Gasteiger partial charge in [-0.3, -0.25) is 4.79 Å². The molecule has 4 nitrogen and oxygen atoms in total. The first-order valence-electron chi connectivity index (χ1n) is 10.9. The molecule has 30 heavy (non-hydrogen) atoms. The monoisotopic (exact) mass is 428 g/mol. The fraction of sp³-hybridized carbons (Fsp3) is 0.480. The fourth-order valence-electron chi connectivity index (χ4n) is 4.20. The van der Waals surface area contributed by atoms with Crippen LogP contribution in [-0.4, -0.2) is 56.0 Å². The predicted molar refractivity (Wildman–Crippen MR) is 123 cm³/mol. The van der Waals surface area contributed by atoms with E-state index in [4.69, 9.17) is 16.3 Å². The Labute approximate surface area is 185 Å². The molecule has 1 amide bonds. The van der Waals surface area contributed by atoms with Crippen molar-refractivity contribution < 1.29 is 9.53 Å². The van der Waals surface area contributed by atoms with Gasteiger partial charge in [-0.2, -0.15) is 0 Å². The lowest BCUT2D eigenvalue weighted by Crippen LogP contribution is -2.40. The lowest BCUT2D eigenvalue weighted by atomic mass is 9.95. The van der Waals surface area contributed by atoms with Crippen molar-refractivity contribution in [2.75, 3.05) is 40.3 Å². The van der Waals surface area contributed by atoms with E-state index in [2.05, 4.69) is 17.0 Å². The first-order valence-corrected chi connectivity index (χ1v) is 11.3. The van der Waals surface area contributed by atoms with Gasteiger partial charge >= 0.3 is 0 Å². The summed E-state index contributed by atoms with van der Waals surface area (Å²) in [6.45, 7) is 4.10. The average Bonchev–Trinajstić information content (AvgIpc) is 2.78. The Morgan fingerprint density at radius 3 is 2.43 bits per heavy atom. The van der Waals surface area contributed by atoms with Crippen molar-refractivity contribution in [3.63, 3.8) is 0 Å². The number of carbonyl (C=O) groups excluding carboxylic acids is 1. The number of benzene rings is 2. The van der Waals surface area contributed by atoms with E-state index in [1.165, 1.54) is 5.56 Å². The van der Waals surface area contributed by atoms with Gasteiger partial charge in [0.1, 0.15) is 5.75 Å². The van der Waals surface area contributed by atoms with Crippen molar-refractivity contribution in [3.05, 3.63) is 64.7 Å². The van der Waals surface area contributed by atoms with Crippen LogP contribution in [0.5, 0.6) is 5.75 Å². The lowest BCUT2D eigenvalue weighted by molar-refractivity contribution is -0.130. The minimum atomic E-state index is 0.202. The molecule has 2 aromatic rings. The van der Waals surface area contributed by atoms with E-state index in [0.29, 0.717) is 18.8 Å². The van der Waals surface area contributed by atoms with Gasteiger partial charge in [0, 0.05) is 31.6 Å². The van der Waals surface area contributed by atoms with E-state index in [1.54, 1.807) is 7.11 Å². The fourth-order valence-corrected chi connectivity index (χ4v) is 4.43. The van der Waals surface area contributed by atoms with Crippen molar-refractivity contribution >= 4 is 17.5 Å². The topological polar surface area (TPSA) is 32.8 Å². The Morgan fingerprint density at radius 1 is 1.07 bits per heavy atom. The highest BCUT2D eigenvalue weighted by molar-refractivity contribution is 6.31. The molecule has 162 valence electrons. The molecule has 1 aliphatic heterocycles. The quantitative estimate of drug-likeness (QED) is 0.580. The van der Waals surface area contributed by atoms with Crippen LogP contribution in [0.2, 0.25) is 5.02 Å². The molecule has 2 aromatic carbocycles. The maximum atomic E-state index is 12.5. The highest BCUT2D eigenvalue weighted by atomic mass is 35.5. The number of aryl methyl sites for hydroxylation is 1. The molecule has 1 heterocycles. The smallest absolute Gasteiger partial charge is 0.222 e. The van der Waals surface area contributed by atoms with E-state index >= 15 is 0 Å². The van der Waals surface area contributed by atoms with E-state index in [-0.39, 0.29) is 5.91 Å². The predicted octanol–water partition coefficient (Wildman–Crippen LogP) is 4.69. The summed E-state index contributed by atoms with van der Waals surface area (Å²) < 4.78 is 5.46. The Hall–Kier alpha value is -2.04. The Kier molecular flexibility index (Phi) is 8.59. The first-order chi connectivity index (χ1) is 14.6. The van der Waals surface area contributed by atoms with Crippen molar-refractivity contribution in [1.29, 1.82) is 0 Å². The van der Waals surface area contributed by atoms with Crippen molar-refractivity contribution in [2.45, 2.75) is 32.1 Å². The van der Waals surface area contributed by atoms with Crippen molar-refractivity contribution in [3.8, 4) is 5.75 Å². The summed E-state index contributed by atoms with van der Waals surface area (Å²) in [5, 5.41) is 0.744. The van der Waals surface area contributed by atoms with E-state index < -0.39 is 0 Å². The number of rotatable bonds is 9. The Bertz CT molecular complexity index is 818. The number of halogens is 1. The molecule has 0 radical (unpaired) electrons. The second-order valence-corrected chi connectivity index (χ2v) is 8.62. The summed E-state index contributed by atoms with van der Waals surface area (Å²) in [5.74, 6) is 1.76. The van der Waals surface area contributed by atoms with Gasteiger partial charge in [0.05, 0.1) is 7.11 Å². The van der Waals surface area contributed by atoms with Gasteiger partial charge in [-0.05, 0) is 68.0 Å². The van der Waals surface area contributed by atoms with Gasteiger partial charge in [-0.1, -0.05) is 48.0 Å². The lowest BCUT2D eigenvalue weighted by Gasteiger charge is -2.34. The number of ether oxygens (including phenoxy) is 1. The summed E-state index contributed by atoms with van der Waals surface area (Å²) in [6.07, 6.45) is 4.51. The van der Waals surface area contributed by atoms with Crippen LogP contribution in [0.1, 0.15) is 30.4 Å². The van der Waals surface area contributed by atoms with Gasteiger partial charge < -0.3 is 14.5 Å². The van der Waals surface area contributed by atoms with Crippen LogP contribution < -0.4 is 4.74 Å². The molecule has 1 saturated heterocycles. The number of nitrogens with zero attached hydrogens (tertiary/aromatic N) is 2. The van der Waals surface area contributed by atoms with Crippen molar-refractivity contribution in [1.82, 2.24) is 9.80 Å². The molecule has 0 bridgehead atoms. The van der Waals surface area contributed by atoms with E-state index in [0.717, 1.165) is 61.8 Å². The maximum Gasteiger partial charge on any atom is 0.222 e. The Morgan fingerprint density at radius 2 is 1.73 bits per heavy atom. The van der Waals surface area contributed by atoms with Gasteiger partial charge in [0.2, 0.25) is 5.91 Å². The molecule has 0 saturated carbocycles. The number of para-hydroxylation sites is 1. The molecule has 1 fully saturated rings. The van der Waals surface area contributed by atoms with Crippen LogP contribution in [0, 0.1) is 5.92 Å². The van der Waals surface area contributed by atoms with Crippen molar-refractivity contribution in [2.24, 2.45) is 5.92 Å². The Balaban J connectivity index is 1.37. The summed E-state index contributed by atoms with van der Waals surface area (Å²) in [5.41, 5.74) is 2.32. The zero-order valence-corrected chi connectivity index (χ0v) is 18.9. The van der Waals surface area contributed by atoms with Crippen LogP contribution >= 0.6 is 11.6 Å². The minimum Gasteiger partial charge on any atom is -0.496 e. The molecule has 5 heteroatoms. The number of piperidine rings is 1. The molecule has 1 aliphatic rings. The van der Waals surface area contributed by atoms with Crippen LogP contribution in [0.3, 0.4) is 0 Å². The molecule has 0 unspecified atom stereocenters. The highest BCUT2D eigenvalue weighted by Gasteiger charge is 2.22. The number of carbonyl (C=O) groups is 1. The number of hydrogen-bond donors (Lipinski definition) is 0. The molecule has 0 aliphatic carbocycles. The van der Waals surface area contributed by atoms with Crippen LogP contribution in [0.25, 0.3) is 0 Å². The SMILES string of the molecule is COc1ccccc1CCN1CCC(CN(C)C(=O)CCc2ccccc2Cl)CC1. The molecule has 0 aromatic heterocycles. The third-order valence-electron chi connectivity index (χ3n) is 6.12. The number of methoxy groups -OCH3 is 1. The summed E-state index contributed by atoms with van der Waals surface area (Å²) in [4.78, 5) is 17.0. The van der Waals surface area contributed by atoms with Gasteiger partial charge in [-0.25, -0.2) is 0 Å². The van der Waals surface area contributed by atoms with E-state index in [1.807, 2.05) is 48.3 Å². The van der Waals surface area contributed by atoms with Crippen LogP contribution in [0.4, 0.5) is 0 Å². The molecular weight excluding hydrogens is 396 g/mol. The van der Waals surface area contributed by atoms with Gasteiger partial charge in [0.15, 0.2) is 0 Å². The third-order valence-corrected chi connectivity index (χ3v) is 6.49. The third kappa shape index (κ3) is 6.48. The zero-order valence-electron chi connectivity index (χ0n) is 18.1.